The summed E-state index contributed by atoms with van der Waals surface area (Å²) in [6, 6.07) is 5.42. The number of rotatable bonds is 2. The Balaban J connectivity index is 0.000000219. The third-order valence-corrected chi connectivity index (χ3v) is 3.17. The molecule has 0 amide bonds. The van der Waals surface area contributed by atoms with Gasteiger partial charge in [-0.25, -0.2) is 0 Å². The lowest BCUT2D eigenvalue weighted by atomic mass is 10.2. The topological polar surface area (TPSA) is 21.7 Å². The minimum Gasteiger partial charge on any atom is -0.497 e. The van der Waals surface area contributed by atoms with Crippen molar-refractivity contribution in [1.82, 2.24) is 4.90 Å². The van der Waals surface area contributed by atoms with Gasteiger partial charge in [0.05, 0.1) is 25.9 Å². The van der Waals surface area contributed by atoms with Gasteiger partial charge in [0.25, 0.3) is 0 Å². The Labute approximate surface area is 123 Å². The number of nitrogens with zero attached hydrogens (tertiary/aromatic N) is 1. The molecule has 120 valence electrons. The van der Waals surface area contributed by atoms with Gasteiger partial charge in [-0.1, -0.05) is 6.07 Å². The molecule has 1 aliphatic rings. The molecular weight excluding hydrogens is 283 g/mol. The van der Waals surface area contributed by atoms with Crippen molar-refractivity contribution < 1.29 is 22.6 Å². The van der Waals surface area contributed by atoms with E-state index < -0.39 is 11.7 Å². The van der Waals surface area contributed by atoms with E-state index in [2.05, 4.69) is 23.5 Å². The summed E-state index contributed by atoms with van der Waals surface area (Å²) in [5.74, 6) is 0.213. The number of halogens is 3. The number of morpholine rings is 1. The summed E-state index contributed by atoms with van der Waals surface area (Å²) >= 11 is 0. The standard InChI is InChI=1S/C8H7F3O.C7H15NO/c1-12-7-4-2-3-6(5-7)8(9,10)11;1-7(2)8-3-5-9-6-4-8/h2-5H,1H3;7H,3-6H2,1-2H3. The molecule has 21 heavy (non-hydrogen) atoms. The largest absolute Gasteiger partial charge is 0.497 e. The second kappa shape index (κ2) is 8.24. The zero-order chi connectivity index (χ0) is 15.9. The molecule has 0 unspecified atom stereocenters. The van der Waals surface area contributed by atoms with Gasteiger partial charge in [0.15, 0.2) is 0 Å². The maximum absolute atomic E-state index is 12.0. The highest BCUT2D eigenvalue weighted by molar-refractivity contribution is 5.29. The fourth-order valence-electron chi connectivity index (χ4n) is 1.89. The maximum Gasteiger partial charge on any atom is 0.416 e. The number of methoxy groups -OCH3 is 1. The summed E-state index contributed by atoms with van der Waals surface area (Å²) < 4.78 is 46.0. The van der Waals surface area contributed by atoms with E-state index in [0.717, 1.165) is 38.4 Å². The van der Waals surface area contributed by atoms with Gasteiger partial charge in [-0.3, -0.25) is 4.90 Å². The van der Waals surface area contributed by atoms with E-state index >= 15 is 0 Å². The Bertz CT molecular complexity index is 416. The third-order valence-electron chi connectivity index (χ3n) is 3.17. The van der Waals surface area contributed by atoms with Gasteiger partial charge in [0, 0.05) is 19.1 Å². The second-order valence-corrected chi connectivity index (χ2v) is 4.97. The first-order valence-corrected chi connectivity index (χ1v) is 6.87. The summed E-state index contributed by atoms with van der Waals surface area (Å²) in [6.45, 7) is 8.50. The molecule has 2 rings (SSSR count). The number of hydrogen-bond acceptors (Lipinski definition) is 3. The van der Waals surface area contributed by atoms with Crippen molar-refractivity contribution in [2.24, 2.45) is 0 Å². The first-order valence-electron chi connectivity index (χ1n) is 6.87. The van der Waals surface area contributed by atoms with Crippen LogP contribution in [0, 0.1) is 0 Å². The summed E-state index contributed by atoms with van der Waals surface area (Å²) in [6.07, 6.45) is -4.30. The quantitative estimate of drug-likeness (QED) is 0.835. The monoisotopic (exact) mass is 305 g/mol. The number of hydrogen-bond donors (Lipinski definition) is 0. The van der Waals surface area contributed by atoms with Crippen LogP contribution >= 0.6 is 0 Å². The van der Waals surface area contributed by atoms with Crippen molar-refractivity contribution >= 4 is 0 Å². The first kappa shape index (κ1) is 17.8. The van der Waals surface area contributed by atoms with Crippen LogP contribution in [-0.2, 0) is 10.9 Å². The molecule has 6 heteroatoms. The average Bonchev–Trinajstić information content (AvgIpc) is 2.48. The second-order valence-electron chi connectivity index (χ2n) is 4.97. The summed E-state index contributed by atoms with van der Waals surface area (Å²) in [5, 5.41) is 0. The fourth-order valence-corrected chi connectivity index (χ4v) is 1.89. The van der Waals surface area contributed by atoms with Crippen molar-refractivity contribution in [2.75, 3.05) is 33.4 Å². The van der Waals surface area contributed by atoms with Gasteiger partial charge in [0.1, 0.15) is 5.75 Å². The predicted octanol–water partition coefficient (Wildman–Crippen LogP) is 3.44. The van der Waals surface area contributed by atoms with E-state index in [1.54, 1.807) is 0 Å². The van der Waals surface area contributed by atoms with Crippen molar-refractivity contribution in [1.29, 1.82) is 0 Å². The smallest absolute Gasteiger partial charge is 0.416 e. The minimum atomic E-state index is -4.30. The van der Waals surface area contributed by atoms with E-state index in [0.29, 0.717) is 6.04 Å². The summed E-state index contributed by atoms with van der Waals surface area (Å²) in [4.78, 5) is 2.43. The molecule has 0 atom stereocenters. The maximum atomic E-state index is 12.0. The molecule has 1 aromatic rings. The van der Waals surface area contributed by atoms with Crippen LogP contribution in [0.1, 0.15) is 19.4 Å². The van der Waals surface area contributed by atoms with Gasteiger partial charge in [-0.15, -0.1) is 0 Å². The van der Waals surface area contributed by atoms with Gasteiger partial charge in [-0.05, 0) is 32.0 Å². The van der Waals surface area contributed by atoms with E-state index in [1.165, 1.54) is 19.2 Å². The molecule has 3 nitrogen and oxygen atoms in total. The summed E-state index contributed by atoms with van der Waals surface area (Å²) in [5.41, 5.74) is -0.693. The molecule has 0 N–H and O–H groups in total. The summed E-state index contributed by atoms with van der Waals surface area (Å²) in [7, 11) is 1.33. The Morgan fingerprint density at radius 1 is 1.19 bits per heavy atom. The average molecular weight is 305 g/mol. The molecule has 0 aromatic heterocycles. The molecule has 1 aliphatic heterocycles. The molecule has 0 radical (unpaired) electrons. The van der Waals surface area contributed by atoms with Crippen LogP contribution in [0.4, 0.5) is 13.2 Å². The fraction of sp³-hybridized carbons (Fsp3) is 0.600. The minimum absolute atomic E-state index is 0.213. The van der Waals surface area contributed by atoms with Crippen LogP contribution in [-0.4, -0.2) is 44.4 Å². The zero-order valence-electron chi connectivity index (χ0n) is 12.6. The van der Waals surface area contributed by atoms with Crippen LogP contribution in [0.5, 0.6) is 5.75 Å². The number of alkyl halides is 3. The van der Waals surface area contributed by atoms with Crippen molar-refractivity contribution in [3.05, 3.63) is 29.8 Å². The van der Waals surface area contributed by atoms with E-state index in [9.17, 15) is 13.2 Å². The molecule has 0 saturated carbocycles. The Hall–Kier alpha value is -1.27. The van der Waals surface area contributed by atoms with Crippen LogP contribution in [0.15, 0.2) is 24.3 Å². The van der Waals surface area contributed by atoms with Gasteiger partial charge >= 0.3 is 6.18 Å². The van der Waals surface area contributed by atoms with E-state index in [-0.39, 0.29) is 5.75 Å². The highest BCUT2D eigenvalue weighted by Gasteiger charge is 2.30. The molecule has 0 aliphatic carbocycles. The lowest BCUT2D eigenvalue weighted by Gasteiger charge is -2.29. The molecular formula is C15H22F3NO2. The Morgan fingerprint density at radius 2 is 1.81 bits per heavy atom. The van der Waals surface area contributed by atoms with E-state index in [1.807, 2.05) is 0 Å². The molecule has 0 bridgehead atoms. The van der Waals surface area contributed by atoms with Gasteiger partial charge < -0.3 is 9.47 Å². The van der Waals surface area contributed by atoms with Gasteiger partial charge in [0.2, 0.25) is 0 Å². The SMILES string of the molecule is CC(C)N1CCOCC1.COc1cccc(C(F)(F)F)c1. The van der Waals surface area contributed by atoms with Crippen molar-refractivity contribution in [3.63, 3.8) is 0 Å². The van der Waals surface area contributed by atoms with E-state index in [4.69, 9.17) is 4.74 Å². The molecule has 1 heterocycles. The third kappa shape index (κ3) is 6.35. The molecule has 1 fully saturated rings. The molecule has 0 spiro atoms. The number of benzene rings is 1. The van der Waals surface area contributed by atoms with Crippen molar-refractivity contribution in [3.8, 4) is 5.75 Å². The molecule has 1 saturated heterocycles. The molecule has 1 aromatic carbocycles. The van der Waals surface area contributed by atoms with Crippen molar-refractivity contribution in [2.45, 2.75) is 26.1 Å². The lowest BCUT2D eigenvalue weighted by Crippen LogP contribution is -2.40. The zero-order valence-corrected chi connectivity index (χ0v) is 12.6. The highest BCUT2D eigenvalue weighted by atomic mass is 19.4. The number of ether oxygens (including phenoxy) is 2. The Kier molecular flexibility index (Phi) is 6.98. The lowest BCUT2D eigenvalue weighted by molar-refractivity contribution is -0.137. The van der Waals surface area contributed by atoms with Crippen LogP contribution in [0.3, 0.4) is 0 Å². The normalized spacial score (nSPS) is 16.3. The van der Waals surface area contributed by atoms with Gasteiger partial charge in [-0.2, -0.15) is 13.2 Å². The van der Waals surface area contributed by atoms with Crippen LogP contribution < -0.4 is 4.74 Å². The van der Waals surface area contributed by atoms with Crippen LogP contribution in [0.2, 0.25) is 0 Å². The van der Waals surface area contributed by atoms with Crippen LogP contribution in [0.25, 0.3) is 0 Å². The highest BCUT2D eigenvalue weighted by Crippen LogP contribution is 2.30. The first-order chi connectivity index (χ1) is 9.84. The Morgan fingerprint density at radius 3 is 2.24 bits per heavy atom. The predicted molar refractivity (Wildman–Crippen MR) is 75.5 cm³/mol.